The molecule has 4 aromatic rings. The van der Waals surface area contributed by atoms with Crippen LogP contribution in [0.4, 0.5) is 22.7 Å². The summed E-state index contributed by atoms with van der Waals surface area (Å²) in [6.07, 6.45) is 0. The van der Waals surface area contributed by atoms with Gasteiger partial charge in [-0.25, -0.2) is 0 Å². The number of para-hydroxylation sites is 3. The zero-order chi connectivity index (χ0) is 23.7. The molecule has 0 aliphatic carbocycles. The average molecular weight is 450 g/mol. The third kappa shape index (κ3) is 3.86. The first kappa shape index (κ1) is 21.3. The Bertz CT molecular complexity index is 1370. The number of hydrogen-bond donors (Lipinski definition) is 0. The van der Waals surface area contributed by atoms with Crippen LogP contribution in [0.2, 0.25) is 0 Å². The Morgan fingerprint density at radius 2 is 1.18 bits per heavy atom. The first-order chi connectivity index (χ1) is 16.5. The van der Waals surface area contributed by atoms with E-state index in [1.165, 1.54) is 13.8 Å². The average Bonchev–Trinajstić information content (AvgIpc) is 2.84. The molecule has 1 aliphatic rings. The van der Waals surface area contributed by atoms with Crippen LogP contribution in [-0.2, 0) is 9.59 Å². The number of amides is 2. The van der Waals surface area contributed by atoms with Gasteiger partial charge in [-0.15, -0.1) is 0 Å². The summed E-state index contributed by atoms with van der Waals surface area (Å²) in [6, 6.07) is 29.6. The molecule has 0 aromatic heterocycles. The lowest BCUT2D eigenvalue weighted by Gasteiger charge is -2.29. The minimum atomic E-state index is -0.149. The number of rotatable bonds is 4. The molecule has 0 radical (unpaired) electrons. The minimum absolute atomic E-state index is 0.120. The maximum Gasteiger partial charge on any atom is 0.228 e. The van der Waals surface area contributed by atoms with Crippen molar-refractivity contribution in [1.29, 1.82) is 0 Å². The predicted molar refractivity (Wildman–Crippen MR) is 132 cm³/mol. The van der Waals surface area contributed by atoms with Gasteiger partial charge in [0, 0.05) is 31.3 Å². The van der Waals surface area contributed by atoms with Crippen molar-refractivity contribution < 1.29 is 19.1 Å². The molecule has 1 aliphatic heterocycles. The number of fused-ring (bicyclic) bond motifs is 2. The van der Waals surface area contributed by atoms with Crippen molar-refractivity contribution in [3.8, 4) is 23.0 Å². The molecule has 6 heteroatoms. The third-order valence-corrected chi connectivity index (χ3v) is 5.48. The number of nitrogens with zero attached hydrogens (tertiary/aromatic N) is 2. The Morgan fingerprint density at radius 1 is 0.559 bits per heavy atom. The molecule has 6 nitrogen and oxygen atoms in total. The number of benzene rings is 4. The molecule has 168 valence electrons. The van der Waals surface area contributed by atoms with Gasteiger partial charge in [-0.3, -0.25) is 19.4 Å². The number of hydrogen-bond acceptors (Lipinski definition) is 4. The van der Waals surface area contributed by atoms with E-state index in [9.17, 15) is 9.59 Å². The molecule has 0 spiro atoms. The fraction of sp³-hybridized carbons (Fsp3) is 0.0714. The molecule has 0 fully saturated rings. The molecule has 0 atom stereocenters. The molecule has 0 saturated carbocycles. The molecule has 2 amide bonds. The lowest BCUT2D eigenvalue weighted by atomic mass is 10.1. The van der Waals surface area contributed by atoms with E-state index in [0.29, 0.717) is 34.4 Å². The van der Waals surface area contributed by atoms with Crippen molar-refractivity contribution in [2.75, 3.05) is 9.80 Å². The lowest BCUT2D eigenvalue weighted by molar-refractivity contribution is -0.116. The molecular weight excluding hydrogens is 428 g/mol. The van der Waals surface area contributed by atoms with Crippen molar-refractivity contribution in [1.82, 2.24) is 0 Å². The van der Waals surface area contributed by atoms with Gasteiger partial charge in [0.25, 0.3) is 0 Å². The Balaban J connectivity index is 1.53. The largest absolute Gasteiger partial charge is 0.449 e. The molecule has 0 unspecified atom stereocenters. The fourth-order valence-corrected chi connectivity index (χ4v) is 4.05. The van der Waals surface area contributed by atoms with E-state index in [0.717, 1.165) is 11.4 Å². The Kier molecular flexibility index (Phi) is 5.47. The summed E-state index contributed by atoms with van der Waals surface area (Å²) >= 11 is 0. The highest BCUT2D eigenvalue weighted by Crippen LogP contribution is 2.51. The summed E-state index contributed by atoms with van der Waals surface area (Å²) in [5.74, 6) is 1.65. The van der Waals surface area contributed by atoms with Crippen LogP contribution in [0.25, 0.3) is 0 Å². The molecule has 4 aromatic carbocycles. The van der Waals surface area contributed by atoms with Crippen LogP contribution >= 0.6 is 0 Å². The first-order valence-corrected chi connectivity index (χ1v) is 10.9. The van der Waals surface area contributed by atoms with E-state index in [2.05, 4.69) is 0 Å². The van der Waals surface area contributed by atoms with E-state index >= 15 is 0 Å². The summed E-state index contributed by atoms with van der Waals surface area (Å²) in [4.78, 5) is 28.2. The normalized spacial score (nSPS) is 11.4. The zero-order valence-electron chi connectivity index (χ0n) is 18.8. The number of carbonyl (C=O) groups excluding carboxylic acids is 2. The summed E-state index contributed by atoms with van der Waals surface area (Å²) in [7, 11) is 0. The van der Waals surface area contributed by atoms with Crippen LogP contribution in [0, 0.1) is 0 Å². The SMILES string of the molecule is CC(=O)N(c1ccccc1)c1ccc2c(c1)Oc1cccc(N(C(C)=O)c3ccccc3)c1O2. The number of anilines is 4. The fourth-order valence-electron chi connectivity index (χ4n) is 4.05. The van der Waals surface area contributed by atoms with E-state index in [4.69, 9.17) is 9.47 Å². The van der Waals surface area contributed by atoms with Crippen LogP contribution < -0.4 is 19.3 Å². The van der Waals surface area contributed by atoms with E-state index < -0.39 is 0 Å². The van der Waals surface area contributed by atoms with Gasteiger partial charge in [0.15, 0.2) is 23.0 Å². The lowest BCUT2D eigenvalue weighted by Crippen LogP contribution is -2.24. The topological polar surface area (TPSA) is 59.1 Å². The summed E-state index contributed by atoms with van der Waals surface area (Å²) < 4.78 is 12.4. The smallest absolute Gasteiger partial charge is 0.228 e. The molecule has 0 saturated heterocycles. The second-order valence-electron chi connectivity index (χ2n) is 7.82. The quantitative estimate of drug-likeness (QED) is 0.297. The first-order valence-electron chi connectivity index (χ1n) is 10.9. The molecule has 0 bridgehead atoms. The van der Waals surface area contributed by atoms with Crippen LogP contribution in [-0.4, -0.2) is 11.8 Å². The van der Waals surface area contributed by atoms with Gasteiger partial charge < -0.3 is 9.47 Å². The van der Waals surface area contributed by atoms with Crippen molar-refractivity contribution in [3.63, 3.8) is 0 Å². The third-order valence-electron chi connectivity index (χ3n) is 5.48. The maximum atomic E-state index is 12.6. The van der Waals surface area contributed by atoms with Crippen molar-refractivity contribution in [2.24, 2.45) is 0 Å². The molecule has 0 N–H and O–H groups in total. The van der Waals surface area contributed by atoms with E-state index in [1.807, 2.05) is 78.9 Å². The molecule has 5 rings (SSSR count). The number of carbonyl (C=O) groups is 2. The second-order valence-corrected chi connectivity index (χ2v) is 7.82. The summed E-state index contributed by atoms with van der Waals surface area (Å²) in [5, 5.41) is 0. The minimum Gasteiger partial charge on any atom is -0.449 e. The van der Waals surface area contributed by atoms with Gasteiger partial charge in [-0.2, -0.15) is 0 Å². The van der Waals surface area contributed by atoms with Crippen molar-refractivity contribution in [2.45, 2.75) is 13.8 Å². The highest BCUT2D eigenvalue weighted by molar-refractivity contribution is 6.01. The Labute approximate surface area is 197 Å². The van der Waals surface area contributed by atoms with Gasteiger partial charge in [-0.1, -0.05) is 42.5 Å². The van der Waals surface area contributed by atoms with Gasteiger partial charge in [0.2, 0.25) is 11.8 Å². The zero-order valence-corrected chi connectivity index (χ0v) is 18.8. The Hall–Kier alpha value is -4.58. The van der Waals surface area contributed by atoms with Crippen LogP contribution in [0.1, 0.15) is 13.8 Å². The van der Waals surface area contributed by atoms with E-state index in [1.54, 1.807) is 28.0 Å². The van der Waals surface area contributed by atoms with Crippen LogP contribution in [0.15, 0.2) is 97.1 Å². The van der Waals surface area contributed by atoms with Crippen molar-refractivity contribution >= 4 is 34.6 Å². The van der Waals surface area contributed by atoms with Crippen LogP contribution in [0.5, 0.6) is 23.0 Å². The highest BCUT2D eigenvalue weighted by atomic mass is 16.6. The van der Waals surface area contributed by atoms with E-state index in [-0.39, 0.29) is 11.8 Å². The Morgan fingerprint density at radius 3 is 1.79 bits per heavy atom. The number of ether oxygens (including phenoxy) is 2. The van der Waals surface area contributed by atoms with Gasteiger partial charge >= 0.3 is 0 Å². The second kappa shape index (κ2) is 8.75. The highest BCUT2D eigenvalue weighted by Gasteiger charge is 2.27. The monoisotopic (exact) mass is 450 g/mol. The molecular formula is C28H22N2O4. The van der Waals surface area contributed by atoms with Gasteiger partial charge in [0.1, 0.15) is 0 Å². The summed E-state index contributed by atoms with van der Waals surface area (Å²) in [6.45, 7) is 3.03. The summed E-state index contributed by atoms with van der Waals surface area (Å²) in [5.41, 5.74) is 2.73. The van der Waals surface area contributed by atoms with Crippen LogP contribution in [0.3, 0.4) is 0 Å². The maximum absolute atomic E-state index is 12.6. The van der Waals surface area contributed by atoms with Crippen molar-refractivity contribution in [3.05, 3.63) is 97.1 Å². The molecule has 34 heavy (non-hydrogen) atoms. The standard InChI is InChI=1S/C28H22N2O4/c1-19(31)29(21-10-5-3-6-11-21)23-16-17-25-27(18-23)33-26-15-9-14-24(28(26)34-25)30(20(2)32)22-12-7-4-8-13-22/h3-18H,1-2H3. The van der Waals surface area contributed by atoms with Gasteiger partial charge in [0.05, 0.1) is 11.4 Å². The van der Waals surface area contributed by atoms with Gasteiger partial charge in [-0.05, 0) is 48.5 Å². The predicted octanol–water partition coefficient (Wildman–Crippen LogP) is 6.95. The molecule has 1 heterocycles.